The smallest absolute Gasteiger partial charge is 0.265 e. The van der Waals surface area contributed by atoms with Crippen molar-refractivity contribution in [2.24, 2.45) is 0 Å². The monoisotopic (exact) mass is 388 g/mol. The van der Waals surface area contributed by atoms with E-state index >= 15 is 0 Å². The van der Waals surface area contributed by atoms with Gasteiger partial charge in [-0.2, -0.15) is 0 Å². The summed E-state index contributed by atoms with van der Waals surface area (Å²) in [5, 5.41) is 5.13. The molecule has 3 aromatic carbocycles. The van der Waals surface area contributed by atoms with E-state index in [0.717, 1.165) is 35.3 Å². The van der Waals surface area contributed by atoms with Crippen LogP contribution in [0.4, 0.5) is 11.4 Å². The van der Waals surface area contributed by atoms with Crippen LogP contribution in [0.3, 0.4) is 0 Å². The number of carbonyl (C=O) groups is 1. The van der Waals surface area contributed by atoms with Gasteiger partial charge < -0.3 is 15.0 Å². The van der Waals surface area contributed by atoms with E-state index in [1.807, 2.05) is 61.5 Å². The first kappa shape index (κ1) is 19.3. The topological polar surface area (TPSA) is 41.6 Å². The third kappa shape index (κ3) is 4.53. The summed E-state index contributed by atoms with van der Waals surface area (Å²) in [4.78, 5) is 15.2. The standard InChI is InChI=1S/C25H28N2O2/c1-2-23(29-24-12-8-10-19-9-4-5-11-22(19)24)25(28)26-20-13-15-21(16-14-20)27-17-6-3-7-18-27/h4-5,8-16,23H,2-3,6-7,17-18H2,1H3,(H,26,28). The summed E-state index contributed by atoms with van der Waals surface area (Å²) < 4.78 is 6.11. The van der Waals surface area contributed by atoms with Gasteiger partial charge in [-0.25, -0.2) is 0 Å². The Kier molecular flexibility index (Phi) is 5.99. The van der Waals surface area contributed by atoms with Gasteiger partial charge in [0, 0.05) is 29.9 Å². The molecule has 4 heteroatoms. The molecule has 0 spiro atoms. The highest BCUT2D eigenvalue weighted by molar-refractivity contribution is 5.95. The first-order valence-electron chi connectivity index (χ1n) is 10.5. The molecule has 0 aromatic heterocycles. The van der Waals surface area contributed by atoms with Crippen LogP contribution in [0.5, 0.6) is 5.75 Å². The lowest BCUT2D eigenvalue weighted by Crippen LogP contribution is -2.32. The number of nitrogens with one attached hydrogen (secondary N) is 1. The molecule has 29 heavy (non-hydrogen) atoms. The lowest BCUT2D eigenvalue weighted by Gasteiger charge is -2.29. The summed E-state index contributed by atoms with van der Waals surface area (Å²) in [7, 11) is 0. The number of anilines is 2. The van der Waals surface area contributed by atoms with Crippen LogP contribution in [0.2, 0.25) is 0 Å². The third-order valence-corrected chi connectivity index (χ3v) is 5.54. The van der Waals surface area contributed by atoms with Crippen molar-refractivity contribution in [2.75, 3.05) is 23.3 Å². The number of nitrogens with zero attached hydrogens (tertiary/aromatic N) is 1. The zero-order chi connectivity index (χ0) is 20.1. The van der Waals surface area contributed by atoms with Crippen LogP contribution in [0, 0.1) is 0 Å². The number of carbonyl (C=O) groups excluding carboxylic acids is 1. The molecule has 1 aliphatic heterocycles. The van der Waals surface area contributed by atoms with Gasteiger partial charge in [-0.3, -0.25) is 4.79 Å². The van der Waals surface area contributed by atoms with Crippen LogP contribution in [-0.2, 0) is 4.79 Å². The average molecular weight is 389 g/mol. The molecule has 0 saturated carbocycles. The fourth-order valence-corrected chi connectivity index (χ4v) is 3.90. The highest BCUT2D eigenvalue weighted by Gasteiger charge is 2.20. The minimum absolute atomic E-state index is 0.119. The van der Waals surface area contributed by atoms with Crippen LogP contribution in [0.25, 0.3) is 10.8 Å². The van der Waals surface area contributed by atoms with Gasteiger partial charge in [-0.15, -0.1) is 0 Å². The summed E-state index contributed by atoms with van der Waals surface area (Å²) >= 11 is 0. The quantitative estimate of drug-likeness (QED) is 0.595. The molecule has 3 aromatic rings. The zero-order valence-electron chi connectivity index (χ0n) is 16.9. The van der Waals surface area contributed by atoms with E-state index in [1.165, 1.54) is 24.9 Å². The van der Waals surface area contributed by atoms with Gasteiger partial charge in [0.25, 0.3) is 5.91 Å². The molecule has 1 heterocycles. The van der Waals surface area contributed by atoms with Crippen molar-refractivity contribution in [1.29, 1.82) is 0 Å². The van der Waals surface area contributed by atoms with Crippen molar-refractivity contribution >= 4 is 28.1 Å². The van der Waals surface area contributed by atoms with Crippen LogP contribution in [0.15, 0.2) is 66.7 Å². The van der Waals surface area contributed by atoms with Crippen molar-refractivity contribution in [2.45, 2.75) is 38.7 Å². The average Bonchev–Trinajstić information content (AvgIpc) is 2.78. The second-order valence-electron chi connectivity index (χ2n) is 7.58. The lowest BCUT2D eigenvalue weighted by molar-refractivity contribution is -0.122. The Hall–Kier alpha value is -3.01. The summed E-state index contributed by atoms with van der Waals surface area (Å²) in [6, 6.07) is 22.1. The predicted octanol–water partition coefficient (Wildman–Crippen LogP) is 5.63. The molecular formula is C25H28N2O2. The van der Waals surface area contributed by atoms with E-state index in [9.17, 15) is 4.79 Å². The minimum Gasteiger partial charge on any atom is -0.480 e. The molecule has 1 atom stereocenters. The van der Waals surface area contributed by atoms with Gasteiger partial charge in [0.1, 0.15) is 5.75 Å². The molecular weight excluding hydrogens is 360 g/mol. The predicted molar refractivity (Wildman–Crippen MR) is 120 cm³/mol. The maximum Gasteiger partial charge on any atom is 0.265 e. The molecule has 4 nitrogen and oxygen atoms in total. The van der Waals surface area contributed by atoms with Crippen LogP contribution >= 0.6 is 0 Å². The lowest BCUT2D eigenvalue weighted by atomic mass is 10.1. The van der Waals surface area contributed by atoms with Crippen molar-refractivity contribution in [3.63, 3.8) is 0 Å². The Morgan fingerprint density at radius 1 is 0.966 bits per heavy atom. The van der Waals surface area contributed by atoms with E-state index in [4.69, 9.17) is 4.74 Å². The summed E-state index contributed by atoms with van der Waals surface area (Å²) in [6.07, 6.45) is 3.88. The summed E-state index contributed by atoms with van der Waals surface area (Å²) in [5.41, 5.74) is 2.03. The van der Waals surface area contributed by atoms with Gasteiger partial charge in [0.15, 0.2) is 6.10 Å². The van der Waals surface area contributed by atoms with Gasteiger partial charge >= 0.3 is 0 Å². The van der Waals surface area contributed by atoms with Crippen LogP contribution in [-0.4, -0.2) is 25.1 Å². The maximum atomic E-state index is 12.8. The van der Waals surface area contributed by atoms with E-state index in [2.05, 4.69) is 22.3 Å². The largest absolute Gasteiger partial charge is 0.480 e. The Balaban J connectivity index is 1.43. The normalized spacial score (nSPS) is 15.1. The van der Waals surface area contributed by atoms with E-state index in [0.29, 0.717) is 6.42 Å². The number of piperidine rings is 1. The third-order valence-electron chi connectivity index (χ3n) is 5.54. The Labute approximate surface area is 172 Å². The molecule has 1 fully saturated rings. The molecule has 4 rings (SSSR count). The molecule has 150 valence electrons. The Bertz CT molecular complexity index is 957. The fourth-order valence-electron chi connectivity index (χ4n) is 3.90. The molecule has 1 saturated heterocycles. The molecule has 0 aliphatic carbocycles. The fraction of sp³-hybridized carbons (Fsp3) is 0.320. The molecule has 1 unspecified atom stereocenters. The number of amides is 1. The van der Waals surface area contributed by atoms with Crippen molar-refractivity contribution < 1.29 is 9.53 Å². The number of hydrogen-bond acceptors (Lipinski definition) is 3. The Morgan fingerprint density at radius 2 is 1.69 bits per heavy atom. The van der Waals surface area contributed by atoms with E-state index in [1.54, 1.807) is 0 Å². The summed E-state index contributed by atoms with van der Waals surface area (Å²) in [5.74, 6) is 0.622. The highest BCUT2D eigenvalue weighted by atomic mass is 16.5. The first-order valence-corrected chi connectivity index (χ1v) is 10.5. The number of benzene rings is 3. The van der Waals surface area contributed by atoms with Gasteiger partial charge in [0.05, 0.1) is 0 Å². The van der Waals surface area contributed by atoms with Crippen LogP contribution in [0.1, 0.15) is 32.6 Å². The zero-order valence-corrected chi connectivity index (χ0v) is 16.9. The second kappa shape index (κ2) is 8.99. The van der Waals surface area contributed by atoms with E-state index < -0.39 is 6.10 Å². The first-order chi connectivity index (χ1) is 14.2. The SMILES string of the molecule is CCC(Oc1cccc2ccccc12)C(=O)Nc1ccc(N2CCCCC2)cc1. The highest BCUT2D eigenvalue weighted by Crippen LogP contribution is 2.27. The number of ether oxygens (including phenoxy) is 1. The number of hydrogen-bond donors (Lipinski definition) is 1. The number of fused-ring (bicyclic) bond motifs is 1. The molecule has 1 N–H and O–H groups in total. The summed E-state index contributed by atoms with van der Waals surface area (Å²) in [6.45, 7) is 4.19. The molecule has 1 amide bonds. The molecule has 0 radical (unpaired) electrons. The Morgan fingerprint density at radius 3 is 2.45 bits per heavy atom. The second-order valence-corrected chi connectivity index (χ2v) is 7.58. The number of rotatable bonds is 6. The van der Waals surface area contributed by atoms with Gasteiger partial charge in [-0.1, -0.05) is 43.3 Å². The van der Waals surface area contributed by atoms with Gasteiger partial charge in [-0.05, 0) is 61.4 Å². The van der Waals surface area contributed by atoms with Crippen molar-refractivity contribution in [3.05, 3.63) is 66.7 Å². The molecule has 0 bridgehead atoms. The van der Waals surface area contributed by atoms with Crippen molar-refractivity contribution in [1.82, 2.24) is 0 Å². The molecule has 1 aliphatic rings. The van der Waals surface area contributed by atoms with Crippen molar-refractivity contribution in [3.8, 4) is 5.75 Å². The minimum atomic E-state index is -0.539. The maximum absolute atomic E-state index is 12.8. The van der Waals surface area contributed by atoms with Gasteiger partial charge in [0.2, 0.25) is 0 Å². The van der Waals surface area contributed by atoms with E-state index in [-0.39, 0.29) is 5.91 Å². The van der Waals surface area contributed by atoms with Crippen LogP contribution < -0.4 is 15.0 Å².